The van der Waals surface area contributed by atoms with Gasteiger partial charge in [0.25, 0.3) is 0 Å². The zero-order chi connectivity index (χ0) is 13.5. The number of carbonyl (C=O) groups is 2. The summed E-state index contributed by atoms with van der Waals surface area (Å²) < 4.78 is 0. The number of anilines is 1. The molecule has 0 fully saturated rings. The van der Waals surface area contributed by atoms with Crippen molar-refractivity contribution >= 4 is 17.6 Å². The number of aliphatic hydroxyl groups is 1. The first kappa shape index (κ1) is 14.2. The van der Waals surface area contributed by atoms with Gasteiger partial charge in [-0.2, -0.15) is 0 Å². The largest absolute Gasteiger partial charge is 0.481 e. The monoisotopic (exact) mass is 251 g/mol. The summed E-state index contributed by atoms with van der Waals surface area (Å²) >= 11 is 0. The number of aliphatic hydroxyl groups excluding tert-OH is 1. The summed E-state index contributed by atoms with van der Waals surface area (Å²) in [6.45, 7) is 1.56. The van der Waals surface area contributed by atoms with E-state index in [1.165, 1.54) is 0 Å². The van der Waals surface area contributed by atoms with Gasteiger partial charge in [-0.15, -0.1) is 0 Å². The molecule has 1 aromatic carbocycles. The van der Waals surface area contributed by atoms with Crippen LogP contribution in [0.2, 0.25) is 0 Å². The maximum atomic E-state index is 11.7. The molecule has 0 aliphatic heterocycles. The summed E-state index contributed by atoms with van der Waals surface area (Å²) in [7, 11) is 0. The number of nitrogens with one attached hydrogen (secondary N) is 1. The van der Waals surface area contributed by atoms with Gasteiger partial charge in [0.15, 0.2) is 0 Å². The van der Waals surface area contributed by atoms with Crippen LogP contribution in [-0.4, -0.2) is 22.1 Å². The average Bonchev–Trinajstić information content (AvgIpc) is 2.28. The molecule has 5 heteroatoms. The van der Waals surface area contributed by atoms with Crippen molar-refractivity contribution in [2.45, 2.75) is 26.4 Å². The second-order valence-electron chi connectivity index (χ2n) is 4.27. The van der Waals surface area contributed by atoms with Gasteiger partial charge in [-0.1, -0.05) is 25.1 Å². The molecule has 0 aromatic heterocycles. The Hall–Kier alpha value is -1.88. The van der Waals surface area contributed by atoms with E-state index in [1.807, 2.05) is 0 Å². The summed E-state index contributed by atoms with van der Waals surface area (Å²) in [5.41, 5.74) is 1.20. The van der Waals surface area contributed by atoms with Crippen LogP contribution >= 0.6 is 0 Å². The molecule has 5 nitrogen and oxygen atoms in total. The van der Waals surface area contributed by atoms with E-state index >= 15 is 0 Å². The lowest BCUT2D eigenvalue weighted by Crippen LogP contribution is -2.17. The number of rotatable bonds is 6. The van der Waals surface area contributed by atoms with Gasteiger partial charge < -0.3 is 15.5 Å². The third-order valence-corrected chi connectivity index (χ3v) is 2.52. The molecule has 1 aromatic rings. The van der Waals surface area contributed by atoms with Gasteiger partial charge in [0, 0.05) is 24.1 Å². The van der Waals surface area contributed by atoms with Crippen LogP contribution in [0.15, 0.2) is 24.3 Å². The molecule has 98 valence electrons. The predicted octanol–water partition coefficient (Wildman–Crippen LogP) is 1.62. The minimum Gasteiger partial charge on any atom is -0.481 e. The van der Waals surface area contributed by atoms with Gasteiger partial charge in [0.05, 0.1) is 6.61 Å². The highest BCUT2D eigenvalue weighted by Crippen LogP contribution is 2.16. The molecule has 1 rings (SSSR count). The zero-order valence-corrected chi connectivity index (χ0v) is 10.2. The van der Waals surface area contributed by atoms with Gasteiger partial charge in [0.2, 0.25) is 5.91 Å². The van der Waals surface area contributed by atoms with Crippen LogP contribution in [0.3, 0.4) is 0 Å². The van der Waals surface area contributed by atoms with Crippen LogP contribution in [0.5, 0.6) is 0 Å². The van der Waals surface area contributed by atoms with Crippen molar-refractivity contribution in [3.8, 4) is 0 Å². The molecule has 0 spiro atoms. The molecular weight excluding hydrogens is 234 g/mol. The number of amides is 1. The van der Waals surface area contributed by atoms with Gasteiger partial charge in [0.1, 0.15) is 0 Å². The minimum absolute atomic E-state index is 0.0327. The highest BCUT2D eigenvalue weighted by Gasteiger charge is 2.13. The first-order chi connectivity index (χ1) is 8.52. The van der Waals surface area contributed by atoms with Crippen molar-refractivity contribution in [1.29, 1.82) is 0 Å². The van der Waals surface area contributed by atoms with E-state index < -0.39 is 5.97 Å². The van der Waals surface area contributed by atoms with Crippen molar-refractivity contribution in [2.75, 3.05) is 5.32 Å². The number of aliphatic carboxylic acids is 1. The second-order valence-corrected chi connectivity index (χ2v) is 4.27. The summed E-state index contributed by atoms with van der Waals surface area (Å²) in [6, 6.07) is 6.95. The number of para-hydroxylation sites is 1. The lowest BCUT2D eigenvalue weighted by molar-refractivity contribution is -0.138. The molecule has 1 atom stereocenters. The topological polar surface area (TPSA) is 86.6 Å². The van der Waals surface area contributed by atoms with Crippen molar-refractivity contribution in [3.63, 3.8) is 0 Å². The first-order valence-electron chi connectivity index (χ1n) is 5.73. The summed E-state index contributed by atoms with van der Waals surface area (Å²) in [5.74, 6) is -1.38. The Morgan fingerprint density at radius 3 is 2.56 bits per heavy atom. The molecule has 0 bridgehead atoms. The smallest absolute Gasteiger partial charge is 0.303 e. The summed E-state index contributed by atoms with van der Waals surface area (Å²) in [5, 5.41) is 20.4. The van der Waals surface area contributed by atoms with Crippen LogP contribution in [0.4, 0.5) is 5.69 Å². The molecule has 0 aliphatic rings. The number of carboxylic acid groups (broad SMARTS) is 1. The normalized spacial score (nSPS) is 11.9. The van der Waals surface area contributed by atoms with E-state index in [2.05, 4.69) is 5.32 Å². The van der Waals surface area contributed by atoms with Gasteiger partial charge in [-0.3, -0.25) is 9.59 Å². The Kier molecular flexibility index (Phi) is 5.32. The SMILES string of the molecule is CC(CC(=O)O)CC(=O)Nc1ccccc1CO. The molecule has 1 unspecified atom stereocenters. The van der Waals surface area contributed by atoms with E-state index in [0.29, 0.717) is 11.3 Å². The third-order valence-electron chi connectivity index (χ3n) is 2.52. The van der Waals surface area contributed by atoms with Crippen LogP contribution in [0, 0.1) is 5.92 Å². The number of carbonyl (C=O) groups excluding carboxylic acids is 1. The maximum absolute atomic E-state index is 11.7. The molecule has 0 saturated heterocycles. The minimum atomic E-state index is -0.911. The van der Waals surface area contributed by atoms with Crippen molar-refractivity contribution < 1.29 is 19.8 Å². The predicted molar refractivity (Wildman–Crippen MR) is 67.0 cm³/mol. The molecule has 0 heterocycles. The van der Waals surface area contributed by atoms with E-state index in [1.54, 1.807) is 31.2 Å². The van der Waals surface area contributed by atoms with Crippen molar-refractivity contribution in [2.24, 2.45) is 5.92 Å². The highest BCUT2D eigenvalue weighted by atomic mass is 16.4. The Balaban J connectivity index is 2.56. The van der Waals surface area contributed by atoms with Crippen LogP contribution < -0.4 is 5.32 Å². The molecule has 3 N–H and O–H groups in total. The van der Waals surface area contributed by atoms with Crippen LogP contribution in [0.1, 0.15) is 25.3 Å². The van der Waals surface area contributed by atoms with E-state index in [-0.39, 0.29) is 31.3 Å². The lowest BCUT2D eigenvalue weighted by Gasteiger charge is -2.11. The van der Waals surface area contributed by atoms with Gasteiger partial charge in [-0.05, 0) is 12.0 Å². The average molecular weight is 251 g/mol. The van der Waals surface area contributed by atoms with Crippen LogP contribution in [0.25, 0.3) is 0 Å². The summed E-state index contributed by atoms with van der Waals surface area (Å²) in [6.07, 6.45) is 0.112. The van der Waals surface area contributed by atoms with E-state index in [0.717, 1.165) is 0 Å². The summed E-state index contributed by atoms with van der Waals surface area (Å²) in [4.78, 5) is 22.2. The van der Waals surface area contributed by atoms with Gasteiger partial charge in [-0.25, -0.2) is 0 Å². The molecule has 0 saturated carbocycles. The fraction of sp³-hybridized carbons (Fsp3) is 0.385. The van der Waals surface area contributed by atoms with Gasteiger partial charge >= 0.3 is 5.97 Å². The fourth-order valence-electron chi connectivity index (χ4n) is 1.67. The molecule has 0 radical (unpaired) electrons. The Bertz CT molecular complexity index is 431. The standard InChI is InChI=1S/C13H17NO4/c1-9(7-13(17)18)6-12(16)14-11-5-3-2-4-10(11)8-15/h2-5,9,15H,6-8H2,1H3,(H,14,16)(H,17,18). The maximum Gasteiger partial charge on any atom is 0.303 e. The molecular formula is C13H17NO4. The first-order valence-corrected chi connectivity index (χ1v) is 5.73. The number of hydrogen-bond acceptors (Lipinski definition) is 3. The fourth-order valence-corrected chi connectivity index (χ4v) is 1.67. The Morgan fingerprint density at radius 1 is 1.28 bits per heavy atom. The quantitative estimate of drug-likeness (QED) is 0.717. The van der Waals surface area contributed by atoms with Crippen molar-refractivity contribution in [1.82, 2.24) is 0 Å². The van der Waals surface area contributed by atoms with Crippen molar-refractivity contribution in [3.05, 3.63) is 29.8 Å². The number of hydrogen-bond donors (Lipinski definition) is 3. The zero-order valence-electron chi connectivity index (χ0n) is 10.2. The van der Waals surface area contributed by atoms with E-state index in [4.69, 9.17) is 10.2 Å². The third kappa shape index (κ3) is 4.55. The Labute approximate surface area is 105 Å². The van der Waals surface area contributed by atoms with E-state index in [9.17, 15) is 9.59 Å². The number of carboxylic acids is 1. The number of benzene rings is 1. The Morgan fingerprint density at radius 2 is 1.94 bits per heavy atom. The second kappa shape index (κ2) is 6.76. The molecule has 0 aliphatic carbocycles. The van der Waals surface area contributed by atoms with Crippen LogP contribution in [-0.2, 0) is 16.2 Å². The lowest BCUT2D eigenvalue weighted by atomic mass is 10.0. The highest BCUT2D eigenvalue weighted by molar-refractivity contribution is 5.91. The molecule has 1 amide bonds. The molecule has 18 heavy (non-hydrogen) atoms.